The van der Waals surface area contributed by atoms with Crippen LogP contribution in [0.5, 0.6) is 0 Å². The Balaban J connectivity index is 1.35. The van der Waals surface area contributed by atoms with Crippen LogP contribution in [-0.2, 0) is 6.67 Å². The number of piperazine rings is 1. The molecule has 0 amide bonds. The molecule has 3 heterocycles. The van der Waals surface area contributed by atoms with Crippen molar-refractivity contribution in [1.82, 2.24) is 35.1 Å². The third-order valence-electron chi connectivity index (χ3n) is 4.13. The fourth-order valence-electron chi connectivity index (χ4n) is 2.77. The summed E-state index contributed by atoms with van der Waals surface area (Å²) in [5, 5.41) is 13.4. The summed E-state index contributed by atoms with van der Waals surface area (Å²) in [4.78, 5) is 14.6. The number of tetrazole rings is 1. The van der Waals surface area contributed by atoms with Crippen molar-refractivity contribution in [2.75, 3.05) is 31.1 Å². The summed E-state index contributed by atoms with van der Waals surface area (Å²) in [6, 6.07) is 7.43. The van der Waals surface area contributed by atoms with Crippen LogP contribution in [0.3, 0.4) is 0 Å². The van der Waals surface area contributed by atoms with Crippen molar-refractivity contribution in [3.8, 4) is 11.4 Å². The number of halogens is 1. The molecule has 9 heteroatoms. The van der Waals surface area contributed by atoms with Crippen molar-refractivity contribution >= 4 is 17.4 Å². The predicted molar refractivity (Wildman–Crippen MR) is 94.1 cm³/mol. The van der Waals surface area contributed by atoms with Gasteiger partial charge in [-0.05, 0) is 29.5 Å². The number of aromatic nitrogens is 6. The van der Waals surface area contributed by atoms with Crippen LogP contribution >= 0.6 is 11.6 Å². The molecule has 3 aromatic rings. The fourth-order valence-corrected chi connectivity index (χ4v) is 2.90. The number of benzene rings is 1. The molecule has 0 saturated carbocycles. The molecule has 1 aliphatic heterocycles. The normalized spacial score (nSPS) is 15.5. The van der Waals surface area contributed by atoms with Crippen molar-refractivity contribution in [2.45, 2.75) is 6.67 Å². The molecule has 1 saturated heterocycles. The van der Waals surface area contributed by atoms with E-state index in [1.54, 1.807) is 23.4 Å². The van der Waals surface area contributed by atoms with E-state index in [-0.39, 0.29) is 0 Å². The molecule has 0 unspecified atom stereocenters. The van der Waals surface area contributed by atoms with E-state index in [0.717, 1.165) is 37.6 Å². The van der Waals surface area contributed by atoms with Crippen LogP contribution in [-0.4, -0.2) is 61.3 Å². The van der Waals surface area contributed by atoms with Crippen LogP contribution in [0, 0.1) is 0 Å². The van der Waals surface area contributed by atoms with Gasteiger partial charge in [-0.15, -0.1) is 15.0 Å². The molecule has 0 bridgehead atoms. The molecule has 2 aromatic heterocycles. The summed E-state index contributed by atoms with van der Waals surface area (Å²) < 4.78 is 0. The van der Waals surface area contributed by atoms with Gasteiger partial charge in [0.2, 0.25) is 5.82 Å². The van der Waals surface area contributed by atoms with Crippen LogP contribution in [0.25, 0.3) is 11.4 Å². The van der Waals surface area contributed by atoms with Gasteiger partial charge in [-0.3, -0.25) is 9.88 Å². The lowest BCUT2D eigenvalue weighted by Gasteiger charge is -2.34. The van der Waals surface area contributed by atoms with Gasteiger partial charge in [-0.25, -0.2) is 4.98 Å². The highest BCUT2D eigenvalue weighted by atomic mass is 35.5. The van der Waals surface area contributed by atoms with Crippen molar-refractivity contribution in [3.63, 3.8) is 0 Å². The molecule has 0 radical (unpaired) electrons. The molecule has 0 aliphatic carbocycles. The maximum atomic E-state index is 5.91. The van der Waals surface area contributed by atoms with Gasteiger partial charge >= 0.3 is 0 Å². The highest BCUT2D eigenvalue weighted by Gasteiger charge is 2.19. The highest BCUT2D eigenvalue weighted by molar-refractivity contribution is 6.30. The first-order valence-electron chi connectivity index (χ1n) is 8.05. The SMILES string of the molecule is Clc1ccc(-c2nnn(CN3CCN(c4cnccn4)CC3)n2)cc1. The van der Waals surface area contributed by atoms with Gasteiger partial charge in [0.05, 0.1) is 6.20 Å². The Bertz CT molecular complexity index is 812. The van der Waals surface area contributed by atoms with Crippen molar-refractivity contribution in [2.24, 2.45) is 0 Å². The summed E-state index contributed by atoms with van der Waals surface area (Å²) in [6.45, 7) is 4.24. The van der Waals surface area contributed by atoms with Crippen LogP contribution in [0.4, 0.5) is 5.82 Å². The molecule has 0 spiro atoms. The van der Waals surface area contributed by atoms with Gasteiger partial charge in [-0.2, -0.15) is 0 Å². The van der Waals surface area contributed by atoms with Gasteiger partial charge in [0.25, 0.3) is 0 Å². The molecular formula is C16H17ClN8. The first-order chi connectivity index (χ1) is 12.3. The summed E-state index contributed by atoms with van der Waals surface area (Å²) in [5.41, 5.74) is 0.906. The van der Waals surface area contributed by atoms with E-state index in [4.69, 9.17) is 11.6 Å². The second kappa shape index (κ2) is 7.12. The van der Waals surface area contributed by atoms with Crippen molar-refractivity contribution in [1.29, 1.82) is 0 Å². The van der Waals surface area contributed by atoms with E-state index in [9.17, 15) is 0 Å². The molecule has 8 nitrogen and oxygen atoms in total. The molecule has 128 valence electrons. The summed E-state index contributed by atoms with van der Waals surface area (Å²) in [7, 11) is 0. The number of anilines is 1. The van der Waals surface area contributed by atoms with E-state index in [2.05, 4.69) is 35.2 Å². The first-order valence-corrected chi connectivity index (χ1v) is 8.43. The van der Waals surface area contributed by atoms with Crippen LogP contribution in [0.2, 0.25) is 5.02 Å². The van der Waals surface area contributed by atoms with Gasteiger partial charge < -0.3 is 4.90 Å². The second-order valence-electron chi connectivity index (χ2n) is 5.80. The Hall–Kier alpha value is -2.58. The minimum atomic E-state index is 0.606. The topological polar surface area (TPSA) is 75.9 Å². The Morgan fingerprint density at radius 2 is 1.80 bits per heavy atom. The van der Waals surface area contributed by atoms with E-state index in [1.165, 1.54) is 0 Å². The van der Waals surface area contributed by atoms with E-state index >= 15 is 0 Å². The van der Waals surface area contributed by atoms with Gasteiger partial charge in [0.1, 0.15) is 12.5 Å². The van der Waals surface area contributed by atoms with E-state index in [1.807, 2.05) is 24.3 Å². The number of hydrogen-bond acceptors (Lipinski definition) is 7. The Labute approximate surface area is 150 Å². The molecule has 4 rings (SSSR count). The lowest BCUT2D eigenvalue weighted by atomic mass is 10.2. The zero-order chi connectivity index (χ0) is 17.1. The predicted octanol–water partition coefficient (Wildman–Crippen LogP) is 1.56. The minimum Gasteiger partial charge on any atom is -0.353 e. The molecule has 1 aliphatic rings. The molecular weight excluding hydrogens is 340 g/mol. The zero-order valence-electron chi connectivity index (χ0n) is 13.5. The number of rotatable bonds is 4. The van der Waals surface area contributed by atoms with Crippen molar-refractivity contribution < 1.29 is 0 Å². The summed E-state index contributed by atoms with van der Waals surface area (Å²) in [6.07, 6.45) is 5.21. The van der Waals surface area contributed by atoms with Crippen LogP contribution in [0.15, 0.2) is 42.9 Å². The van der Waals surface area contributed by atoms with E-state index < -0.39 is 0 Å². The zero-order valence-corrected chi connectivity index (χ0v) is 14.3. The third-order valence-corrected chi connectivity index (χ3v) is 4.38. The number of nitrogens with zero attached hydrogens (tertiary/aromatic N) is 8. The smallest absolute Gasteiger partial charge is 0.204 e. The summed E-state index contributed by atoms with van der Waals surface area (Å²) >= 11 is 5.91. The number of hydrogen-bond donors (Lipinski definition) is 0. The molecule has 1 aromatic carbocycles. The van der Waals surface area contributed by atoms with Gasteiger partial charge in [0, 0.05) is 49.2 Å². The largest absolute Gasteiger partial charge is 0.353 e. The van der Waals surface area contributed by atoms with Gasteiger partial charge in [-0.1, -0.05) is 11.6 Å². The second-order valence-corrected chi connectivity index (χ2v) is 6.24. The monoisotopic (exact) mass is 356 g/mol. The van der Waals surface area contributed by atoms with Crippen molar-refractivity contribution in [3.05, 3.63) is 47.9 Å². The highest BCUT2D eigenvalue weighted by Crippen LogP contribution is 2.17. The first kappa shape index (κ1) is 15.9. The Morgan fingerprint density at radius 3 is 2.52 bits per heavy atom. The molecule has 25 heavy (non-hydrogen) atoms. The molecule has 0 atom stereocenters. The Kier molecular flexibility index (Phi) is 4.53. The molecule has 1 fully saturated rings. The van der Waals surface area contributed by atoms with E-state index in [0.29, 0.717) is 17.5 Å². The average Bonchev–Trinajstić information content (AvgIpc) is 3.12. The molecule has 0 N–H and O–H groups in total. The van der Waals surface area contributed by atoms with Crippen LogP contribution < -0.4 is 4.90 Å². The quantitative estimate of drug-likeness (QED) is 0.702. The average molecular weight is 357 g/mol. The minimum absolute atomic E-state index is 0.606. The lowest BCUT2D eigenvalue weighted by molar-refractivity contribution is 0.182. The summed E-state index contributed by atoms with van der Waals surface area (Å²) in [5.74, 6) is 1.53. The lowest BCUT2D eigenvalue weighted by Crippen LogP contribution is -2.47. The third kappa shape index (κ3) is 3.75. The fraction of sp³-hybridized carbons (Fsp3) is 0.312. The Morgan fingerprint density at radius 1 is 1.00 bits per heavy atom. The van der Waals surface area contributed by atoms with Gasteiger partial charge in [0.15, 0.2) is 0 Å². The maximum absolute atomic E-state index is 5.91. The standard InChI is InChI=1S/C16H17ClN8/c17-14-3-1-13(2-4-14)16-20-22-25(21-16)12-23-7-9-24(10-8-23)15-11-18-5-6-19-15/h1-6,11H,7-10,12H2. The maximum Gasteiger partial charge on any atom is 0.204 e. The van der Waals surface area contributed by atoms with Crippen LogP contribution in [0.1, 0.15) is 0 Å².